The fourth-order valence-corrected chi connectivity index (χ4v) is 3.99. The molecule has 0 spiro atoms. The number of nitrogens with zero attached hydrogens (tertiary/aromatic N) is 1. The molecule has 1 atom stereocenters. The van der Waals surface area contributed by atoms with Crippen LogP contribution in [0.5, 0.6) is 11.5 Å². The number of amides is 2. The zero-order chi connectivity index (χ0) is 19.2. The Labute approximate surface area is 163 Å². The minimum atomic E-state index is -0.384. The highest BCUT2D eigenvalue weighted by Crippen LogP contribution is 2.27. The second-order valence-electron chi connectivity index (χ2n) is 6.36. The molecule has 1 aliphatic heterocycles. The standard InChI is InChI=1S/C20H24N2O4S/c1-25-16-8-7-14(13-17(16)26-2)9-10-21-19(23)15-5-3-11-22(15)20(24)18-6-4-12-27-18/h4,6-8,12-13,15H,3,5,9-11H2,1-2H3,(H,21,23). The van der Waals surface area contributed by atoms with Crippen molar-refractivity contribution < 1.29 is 19.1 Å². The van der Waals surface area contributed by atoms with Gasteiger partial charge >= 0.3 is 0 Å². The van der Waals surface area contributed by atoms with Crippen LogP contribution in [0.2, 0.25) is 0 Å². The molecule has 7 heteroatoms. The zero-order valence-corrected chi connectivity index (χ0v) is 16.4. The summed E-state index contributed by atoms with van der Waals surface area (Å²) in [7, 11) is 3.20. The number of nitrogens with one attached hydrogen (secondary N) is 1. The molecule has 144 valence electrons. The van der Waals surface area contributed by atoms with Gasteiger partial charge in [0.2, 0.25) is 5.91 Å². The predicted octanol–water partition coefficient (Wildman–Crippen LogP) is 2.73. The van der Waals surface area contributed by atoms with E-state index in [2.05, 4.69) is 5.32 Å². The van der Waals surface area contributed by atoms with Gasteiger partial charge in [0, 0.05) is 13.1 Å². The molecule has 2 heterocycles. The van der Waals surface area contributed by atoms with E-state index in [1.807, 2.05) is 29.6 Å². The lowest BCUT2D eigenvalue weighted by atomic mass is 10.1. The van der Waals surface area contributed by atoms with Crippen molar-refractivity contribution in [2.75, 3.05) is 27.3 Å². The number of hydrogen-bond acceptors (Lipinski definition) is 5. The second kappa shape index (κ2) is 8.90. The van der Waals surface area contributed by atoms with Gasteiger partial charge < -0.3 is 19.7 Å². The van der Waals surface area contributed by atoms with E-state index in [0.29, 0.717) is 42.3 Å². The Morgan fingerprint density at radius 2 is 2.04 bits per heavy atom. The van der Waals surface area contributed by atoms with E-state index in [-0.39, 0.29) is 17.9 Å². The Balaban J connectivity index is 1.55. The Kier molecular flexibility index (Phi) is 6.34. The first-order valence-corrected chi connectivity index (χ1v) is 9.85. The molecule has 2 amide bonds. The molecule has 6 nitrogen and oxygen atoms in total. The summed E-state index contributed by atoms with van der Waals surface area (Å²) < 4.78 is 10.5. The molecule has 0 bridgehead atoms. The zero-order valence-electron chi connectivity index (χ0n) is 15.6. The fourth-order valence-electron chi connectivity index (χ4n) is 3.31. The van der Waals surface area contributed by atoms with Gasteiger partial charge in [-0.1, -0.05) is 12.1 Å². The first kappa shape index (κ1) is 19.2. The highest BCUT2D eigenvalue weighted by Gasteiger charge is 2.34. The van der Waals surface area contributed by atoms with Crippen molar-refractivity contribution in [2.45, 2.75) is 25.3 Å². The SMILES string of the molecule is COc1ccc(CCNC(=O)C2CCCN2C(=O)c2cccs2)cc1OC. The molecular weight excluding hydrogens is 364 g/mol. The number of benzene rings is 1. The van der Waals surface area contributed by atoms with E-state index >= 15 is 0 Å². The summed E-state index contributed by atoms with van der Waals surface area (Å²) in [6.07, 6.45) is 2.24. The molecule has 1 saturated heterocycles. The summed E-state index contributed by atoms with van der Waals surface area (Å²) in [5.41, 5.74) is 1.05. The first-order chi connectivity index (χ1) is 13.1. The van der Waals surface area contributed by atoms with Crippen molar-refractivity contribution in [1.29, 1.82) is 0 Å². The van der Waals surface area contributed by atoms with Crippen LogP contribution in [0.4, 0.5) is 0 Å². The predicted molar refractivity (Wildman–Crippen MR) is 105 cm³/mol. The van der Waals surface area contributed by atoms with Crippen LogP contribution in [0.15, 0.2) is 35.7 Å². The second-order valence-corrected chi connectivity index (χ2v) is 7.31. The number of methoxy groups -OCH3 is 2. The molecule has 3 rings (SSSR count). The summed E-state index contributed by atoms with van der Waals surface area (Å²) in [6.45, 7) is 1.14. The molecule has 1 fully saturated rings. The van der Waals surface area contributed by atoms with Gasteiger partial charge in [0.15, 0.2) is 11.5 Å². The smallest absolute Gasteiger partial charge is 0.264 e. The van der Waals surface area contributed by atoms with Crippen molar-refractivity contribution in [3.8, 4) is 11.5 Å². The number of thiophene rings is 1. The Hall–Kier alpha value is -2.54. The van der Waals surface area contributed by atoms with E-state index in [1.165, 1.54) is 11.3 Å². The lowest BCUT2D eigenvalue weighted by Crippen LogP contribution is -2.46. The lowest BCUT2D eigenvalue weighted by molar-refractivity contribution is -0.124. The summed E-state index contributed by atoms with van der Waals surface area (Å²) in [6, 6.07) is 8.99. The number of ether oxygens (including phenoxy) is 2. The van der Waals surface area contributed by atoms with Crippen molar-refractivity contribution in [3.05, 3.63) is 46.2 Å². The monoisotopic (exact) mass is 388 g/mol. The van der Waals surface area contributed by atoms with Crippen LogP contribution in [-0.2, 0) is 11.2 Å². The van der Waals surface area contributed by atoms with Gasteiger partial charge in [-0.15, -0.1) is 11.3 Å². The van der Waals surface area contributed by atoms with Crippen LogP contribution in [0.25, 0.3) is 0 Å². The van der Waals surface area contributed by atoms with E-state index in [9.17, 15) is 9.59 Å². The Bertz CT molecular complexity index is 791. The van der Waals surface area contributed by atoms with Gasteiger partial charge in [0.25, 0.3) is 5.91 Å². The largest absolute Gasteiger partial charge is 0.493 e. The molecule has 2 aromatic rings. The molecule has 1 N–H and O–H groups in total. The van der Waals surface area contributed by atoms with E-state index < -0.39 is 0 Å². The van der Waals surface area contributed by atoms with Crippen LogP contribution in [-0.4, -0.2) is 50.1 Å². The van der Waals surface area contributed by atoms with Crippen molar-refractivity contribution in [3.63, 3.8) is 0 Å². The maximum Gasteiger partial charge on any atom is 0.264 e. The molecule has 1 aliphatic rings. The topological polar surface area (TPSA) is 67.9 Å². The normalized spacial score (nSPS) is 16.2. The fraction of sp³-hybridized carbons (Fsp3) is 0.400. The molecule has 0 radical (unpaired) electrons. The molecular formula is C20H24N2O4S. The Morgan fingerprint density at radius 3 is 2.74 bits per heavy atom. The highest BCUT2D eigenvalue weighted by atomic mass is 32.1. The quantitative estimate of drug-likeness (QED) is 0.792. The van der Waals surface area contributed by atoms with Crippen molar-refractivity contribution >= 4 is 23.2 Å². The number of likely N-dealkylation sites (tertiary alicyclic amines) is 1. The summed E-state index contributed by atoms with van der Waals surface area (Å²) in [5, 5.41) is 4.84. The van der Waals surface area contributed by atoms with Crippen LogP contribution in [0.1, 0.15) is 28.1 Å². The Morgan fingerprint density at radius 1 is 1.22 bits per heavy atom. The highest BCUT2D eigenvalue weighted by molar-refractivity contribution is 7.12. The average Bonchev–Trinajstić information content (AvgIpc) is 3.39. The molecule has 0 aliphatic carbocycles. The average molecular weight is 388 g/mol. The molecule has 0 saturated carbocycles. The molecule has 1 unspecified atom stereocenters. The van der Waals surface area contributed by atoms with Crippen LogP contribution < -0.4 is 14.8 Å². The number of carbonyl (C=O) groups excluding carboxylic acids is 2. The molecule has 1 aromatic heterocycles. The van der Waals surface area contributed by atoms with Crippen molar-refractivity contribution in [1.82, 2.24) is 10.2 Å². The number of hydrogen-bond donors (Lipinski definition) is 1. The van der Waals surface area contributed by atoms with Gasteiger partial charge in [-0.3, -0.25) is 9.59 Å². The molecule has 1 aromatic carbocycles. The summed E-state index contributed by atoms with van der Waals surface area (Å²) >= 11 is 1.41. The van der Waals surface area contributed by atoms with Gasteiger partial charge in [0.1, 0.15) is 6.04 Å². The van der Waals surface area contributed by atoms with E-state index in [1.54, 1.807) is 25.2 Å². The number of rotatable bonds is 7. The maximum absolute atomic E-state index is 12.6. The first-order valence-electron chi connectivity index (χ1n) is 8.97. The number of carbonyl (C=O) groups is 2. The van der Waals surface area contributed by atoms with Crippen molar-refractivity contribution in [2.24, 2.45) is 0 Å². The minimum absolute atomic E-state index is 0.0532. The van der Waals surface area contributed by atoms with Crippen LogP contribution in [0, 0.1) is 0 Å². The molecule has 27 heavy (non-hydrogen) atoms. The summed E-state index contributed by atoms with van der Waals surface area (Å²) in [5.74, 6) is 1.21. The van der Waals surface area contributed by atoms with Gasteiger partial charge in [-0.05, 0) is 48.4 Å². The summed E-state index contributed by atoms with van der Waals surface area (Å²) in [4.78, 5) is 27.5. The van der Waals surface area contributed by atoms with Gasteiger partial charge in [-0.25, -0.2) is 0 Å². The van der Waals surface area contributed by atoms with Gasteiger partial charge in [-0.2, -0.15) is 0 Å². The van der Waals surface area contributed by atoms with E-state index in [4.69, 9.17) is 9.47 Å². The third-order valence-corrected chi connectivity index (χ3v) is 5.57. The van der Waals surface area contributed by atoms with E-state index in [0.717, 1.165) is 12.0 Å². The lowest BCUT2D eigenvalue weighted by Gasteiger charge is -2.23. The maximum atomic E-state index is 12.6. The van der Waals surface area contributed by atoms with Gasteiger partial charge in [0.05, 0.1) is 19.1 Å². The third kappa shape index (κ3) is 4.42. The van der Waals surface area contributed by atoms with Crippen LogP contribution >= 0.6 is 11.3 Å². The minimum Gasteiger partial charge on any atom is -0.493 e. The third-order valence-electron chi connectivity index (χ3n) is 4.71. The van der Waals surface area contributed by atoms with Crippen LogP contribution in [0.3, 0.4) is 0 Å².